The minimum Gasteiger partial charge on any atom is -0.496 e. The predicted octanol–water partition coefficient (Wildman–Crippen LogP) is 3.41. The normalized spacial score (nSPS) is 10.4. The van der Waals surface area contributed by atoms with Gasteiger partial charge in [0.25, 0.3) is 5.91 Å². The number of hydrogen-bond acceptors (Lipinski definition) is 3. The molecule has 1 amide bonds. The second-order valence-electron chi connectivity index (χ2n) is 5.26. The molecule has 0 unspecified atom stereocenters. The van der Waals surface area contributed by atoms with Gasteiger partial charge in [-0.05, 0) is 44.2 Å². The van der Waals surface area contributed by atoms with E-state index in [0.29, 0.717) is 17.9 Å². The summed E-state index contributed by atoms with van der Waals surface area (Å²) in [5.74, 6) is 1.39. The number of hydrogen-bond donors (Lipinski definition) is 1. The number of rotatable bonds is 6. The first-order valence-corrected chi connectivity index (χ1v) is 7.25. The summed E-state index contributed by atoms with van der Waals surface area (Å²) in [5.41, 5.74) is 1.43. The van der Waals surface area contributed by atoms with Crippen molar-refractivity contribution >= 4 is 5.91 Å². The summed E-state index contributed by atoms with van der Waals surface area (Å²) in [7, 11) is 1.61. The third-order valence-electron chi connectivity index (χ3n) is 3.10. The number of amides is 1. The minimum atomic E-state index is -0.0985. The Morgan fingerprint density at radius 1 is 1.14 bits per heavy atom. The van der Waals surface area contributed by atoms with Crippen LogP contribution in [0.5, 0.6) is 11.5 Å². The highest BCUT2D eigenvalue weighted by molar-refractivity contribution is 5.94. The number of carbonyl (C=O) groups is 1. The molecule has 0 heterocycles. The second kappa shape index (κ2) is 7.50. The molecule has 0 aliphatic carbocycles. The lowest BCUT2D eigenvalue weighted by Crippen LogP contribution is -2.30. The van der Waals surface area contributed by atoms with Gasteiger partial charge in [-0.3, -0.25) is 4.79 Å². The van der Waals surface area contributed by atoms with Crippen molar-refractivity contribution in [3.05, 3.63) is 59.7 Å². The van der Waals surface area contributed by atoms with Crippen LogP contribution in [0.3, 0.4) is 0 Å². The van der Waals surface area contributed by atoms with Crippen molar-refractivity contribution in [2.24, 2.45) is 0 Å². The smallest absolute Gasteiger partial charge is 0.251 e. The average molecular weight is 299 g/mol. The van der Waals surface area contributed by atoms with Crippen molar-refractivity contribution in [1.29, 1.82) is 0 Å². The Balaban J connectivity index is 2.15. The van der Waals surface area contributed by atoms with E-state index in [-0.39, 0.29) is 11.9 Å². The summed E-state index contributed by atoms with van der Waals surface area (Å²) < 4.78 is 11.1. The fraction of sp³-hybridized carbons (Fsp3) is 0.278. The summed E-state index contributed by atoms with van der Waals surface area (Å²) >= 11 is 0. The van der Waals surface area contributed by atoms with Crippen molar-refractivity contribution in [2.45, 2.75) is 26.5 Å². The first kappa shape index (κ1) is 15.9. The van der Waals surface area contributed by atoms with Crippen LogP contribution in [0.2, 0.25) is 0 Å². The van der Waals surface area contributed by atoms with Crippen LogP contribution in [0.4, 0.5) is 0 Å². The molecule has 0 aliphatic heterocycles. The van der Waals surface area contributed by atoms with Gasteiger partial charge in [0, 0.05) is 17.2 Å². The first-order valence-electron chi connectivity index (χ1n) is 7.25. The lowest BCUT2D eigenvalue weighted by atomic mass is 10.1. The number of para-hydroxylation sites is 1. The van der Waals surface area contributed by atoms with E-state index in [2.05, 4.69) is 5.32 Å². The van der Waals surface area contributed by atoms with E-state index < -0.39 is 0 Å². The van der Waals surface area contributed by atoms with Gasteiger partial charge in [-0.25, -0.2) is 0 Å². The molecule has 2 aromatic rings. The zero-order chi connectivity index (χ0) is 15.9. The van der Waals surface area contributed by atoms with Crippen molar-refractivity contribution in [3.63, 3.8) is 0 Å². The molecule has 116 valence electrons. The molecule has 2 aromatic carbocycles. The van der Waals surface area contributed by atoms with Gasteiger partial charge in [0.1, 0.15) is 18.1 Å². The van der Waals surface area contributed by atoms with E-state index in [0.717, 1.165) is 11.3 Å². The SMILES string of the molecule is COc1ccc(C(=O)NC(C)C)cc1COc1ccccc1. The van der Waals surface area contributed by atoms with Crippen LogP contribution in [0.15, 0.2) is 48.5 Å². The zero-order valence-corrected chi connectivity index (χ0v) is 13.1. The molecule has 0 radical (unpaired) electrons. The van der Waals surface area contributed by atoms with Crippen LogP contribution in [0, 0.1) is 0 Å². The zero-order valence-electron chi connectivity index (χ0n) is 13.1. The minimum absolute atomic E-state index is 0.0959. The Morgan fingerprint density at radius 3 is 2.50 bits per heavy atom. The fourth-order valence-electron chi connectivity index (χ4n) is 2.06. The Labute approximate surface area is 131 Å². The summed E-state index contributed by atoms with van der Waals surface area (Å²) in [4.78, 5) is 12.1. The molecule has 1 N–H and O–H groups in total. The largest absolute Gasteiger partial charge is 0.496 e. The van der Waals surface area contributed by atoms with Crippen molar-refractivity contribution < 1.29 is 14.3 Å². The molecule has 0 saturated carbocycles. The van der Waals surface area contributed by atoms with Crippen molar-refractivity contribution in [3.8, 4) is 11.5 Å². The summed E-state index contributed by atoms with van der Waals surface area (Å²) in [6, 6.07) is 15.0. The predicted molar refractivity (Wildman–Crippen MR) is 86.4 cm³/mol. The van der Waals surface area contributed by atoms with Gasteiger partial charge in [-0.2, -0.15) is 0 Å². The van der Waals surface area contributed by atoms with Crippen LogP contribution < -0.4 is 14.8 Å². The highest BCUT2D eigenvalue weighted by atomic mass is 16.5. The van der Waals surface area contributed by atoms with Gasteiger partial charge >= 0.3 is 0 Å². The quantitative estimate of drug-likeness (QED) is 0.889. The first-order chi connectivity index (χ1) is 10.6. The Kier molecular flexibility index (Phi) is 5.42. The summed E-state index contributed by atoms with van der Waals surface area (Å²) in [6.45, 7) is 4.21. The highest BCUT2D eigenvalue weighted by Gasteiger charge is 2.11. The molecule has 2 rings (SSSR count). The molecule has 4 nitrogen and oxygen atoms in total. The maximum absolute atomic E-state index is 12.1. The number of benzene rings is 2. The lowest BCUT2D eigenvalue weighted by Gasteiger charge is -2.13. The van der Waals surface area contributed by atoms with Crippen LogP contribution in [0.1, 0.15) is 29.8 Å². The molecular formula is C18H21NO3. The molecule has 22 heavy (non-hydrogen) atoms. The summed E-state index contributed by atoms with van der Waals surface area (Å²) in [6.07, 6.45) is 0. The monoisotopic (exact) mass is 299 g/mol. The van der Waals surface area contributed by atoms with E-state index in [1.54, 1.807) is 25.3 Å². The van der Waals surface area contributed by atoms with Gasteiger partial charge in [0.15, 0.2) is 0 Å². The van der Waals surface area contributed by atoms with E-state index >= 15 is 0 Å². The number of carbonyl (C=O) groups excluding carboxylic acids is 1. The number of methoxy groups -OCH3 is 1. The average Bonchev–Trinajstić information content (AvgIpc) is 2.53. The molecule has 4 heteroatoms. The molecule has 0 bridgehead atoms. The molecule has 0 saturated heterocycles. The molecule has 0 aromatic heterocycles. The maximum atomic E-state index is 12.1. The third-order valence-corrected chi connectivity index (χ3v) is 3.10. The summed E-state index contributed by atoms with van der Waals surface area (Å²) in [5, 5.41) is 2.88. The van der Waals surface area contributed by atoms with E-state index in [4.69, 9.17) is 9.47 Å². The third kappa shape index (κ3) is 4.25. The topological polar surface area (TPSA) is 47.6 Å². The Hall–Kier alpha value is -2.49. The maximum Gasteiger partial charge on any atom is 0.251 e. The van der Waals surface area contributed by atoms with Crippen molar-refractivity contribution in [2.75, 3.05) is 7.11 Å². The van der Waals surface area contributed by atoms with Gasteiger partial charge < -0.3 is 14.8 Å². The van der Waals surface area contributed by atoms with E-state index in [1.807, 2.05) is 44.2 Å². The van der Waals surface area contributed by atoms with E-state index in [1.165, 1.54) is 0 Å². The highest BCUT2D eigenvalue weighted by Crippen LogP contribution is 2.22. The van der Waals surface area contributed by atoms with Gasteiger partial charge in [0.2, 0.25) is 0 Å². The lowest BCUT2D eigenvalue weighted by molar-refractivity contribution is 0.0943. The van der Waals surface area contributed by atoms with Crippen molar-refractivity contribution in [1.82, 2.24) is 5.32 Å². The van der Waals surface area contributed by atoms with Gasteiger partial charge in [0.05, 0.1) is 7.11 Å². The molecule has 0 aliphatic rings. The van der Waals surface area contributed by atoms with Crippen LogP contribution in [-0.2, 0) is 6.61 Å². The molecular weight excluding hydrogens is 278 g/mol. The van der Waals surface area contributed by atoms with Gasteiger partial charge in [-0.1, -0.05) is 18.2 Å². The molecule has 0 spiro atoms. The second-order valence-corrected chi connectivity index (χ2v) is 5.26. The van der Waals surface area contributed by atoms with Crippen LogP contribution in [0.25, 0.3) is 0 Å². The number of nitrogens with one attached hydrogen (secondary N) is 1. The Morgan fingerprint density at radius 2 is 1.86 bits per heavy atom. The van der Waals surface area contributed by atoms with Crippen LogP contribution >= 0.6 is 0 Å². The van der Waals surface area contributed by atoms with Gasteiger partial charge in [-0.15, -0.1) is 0 Å². The molecule has 0 fully saturated rings. The van der Waals surface area contributed by atoms with E-state index in [9.17, 15) is 4.79 Å². The Bertz CT molecular complexity index is 623. The fourth-order valence-corrected chi connectivity index (χ4v) is 2.06. The molecule has 0 atom stereocenters. The number of ether oxygens (including phenoxy) is 2. The van der Waals surface area contributed by atoms with Crippen LogP contribution in [-0.4, -0.2) is 19.1 Å². The standard InChI is InChI=1S/C18H21NO3/c1-13(2)19-18(20)14-9-10-17(21-3)15(11-14)12-22-16-7-5-4-6-8-16/h4-11,13H,12H2,1-3H3,(H,19,20).